The maximum Gasteiger partial charge on any atom is 0.257 e. The predicted molar refractivity (Wildman–Crippen MR) is 81.4 cm³/mol. The van der Waals surface area contributed by atoms with Crippen molar-refractivity contribution in [1.82, 2.24) is 15.1 Å². The zero-order valence-electron chi connectivity index (χ0n) is 12.4. The highest BCUT2D eigenvalue weighted by Crippen LogP contribution is 2.32. The van der Waals surface area contributed by atoms with E-state index in [0.717, 1.165) is 21.8 Å². The molecule has 1 amide bonds. The smallest absolute Gasteiger partial charge is 0.257 e. The van der Waals surface area contributed by atoms with Crippen molar-refractivity contribution in [2.24, 2.45) is 7.05 Å². The van der Waals surface area contributed by atoms with E-state index in [9.17, 15) is 9.18 Å². The molecule has 0 spiro atoms. The van der Waals surface area contributed by atoms with Gasteiger partial charge in [-0.3, -0.25) is 9.48 Å². The number of fused-ring (bicyclic) bond motifs is 1. The van der Waals surface area contributed by atoms with E-state index in [4.69, 9.17) is 10.5 Å². The standard InChI is InChI=1S/C14H17FN4O2S/c1-7-12(13(16)19(2)18-7)14(20)17-6-9-8-5-11(15)22-10(8)3-4-21-9/h5,9H,3-4,6,16H2,1-2H3,(H,17,20). The minimum atomic E-state index is -0.327. The van der Waals surface area contributed by atoms with E-state index in [1.807, 2.05) is 0 Å². The molecule has 1 aliphatic rings. The van der Waals surface area contributed by atoms with Gasteiger partial charge in [-0.05, 0) is 18.6 Å². The Bertz CT molecular complexity index is 725. The highest BCUT2D eigenvalue weighted by Gasteiger charge is 2.25. The summed E-state index contributed by atoms with van der Waals surface area (Å²) < 4.78 is 20.5. The number of carbonyl (C=O) groups is 1. The van der Waals surface area contributed by atoms with Gasteiger partial charge in [0.25, 0.3) is 5.91 Å². The lowest BCUT2D eigenvalue weighted by Gasteiger charge is -2.23. The number of anilines is 1. The Labute approximate surface area is 131 Å². The molecule has 0 aliphatic carbocycles. The molecule has 118 valence electrons. The highest BCUT2D eigenvalue weighted by molar-refractivity contribution is 7.10. The number of carbonyl (C=O) groups excluding carboxylic acids is 1. The van der Waals surface area contributed by atoms with Gasteiger partial charge in [0.05, 0.1) is 12.3 Å². The van der Waals surface area contributed by atoms with Crippen molar-refractivity contribution in [3.8, 4) is 0 Å². The van der Waals surface area contributed by atoms with Gasteiger partial charge in [-0.2, -0.15) is 9.49 Å². The number of rotatable bonds is 3. The maximum absolute atomic E-state index is 13.4. The Morgan fingerprint density at radius 2 is 2.45 bits per heavy atom. The van der Waals surface area contributed by atoms with E-state index in [2.05, 4.69) is 10.4 Å². The molecule has 0 fully saturated rings. The summed E-state index contributed by atoms with van der Waals surface area (Å²) in [6, 6.07) is 1.49. The summed E-state index contributed by atoms with van der Waals surface area (Å²) in [4.78, 5) is 13.3. The molecular formula is C14H17FN4O2S. The minimum Gasteiger partial charge on any atom is -0.383 e. The van der Waals surface area contributed by atoms with Crippen LogP contribution in [0.2, 0.25) is 0 Å². The van der Waals surface area contributed by atoms with Crippen LogP contribution in [0.5, 0.6) is 0 Å². The van der Waals surface area contributed by atoms with Crippen LogP contribution in [-0.2, 0) is 18.2 Å². The fourth-order valence-electron chi connectivity index (χ4n) is 2.66. The molecule has 1 unspecified atom stereocenters. The number of nitrogens with two attached hydrogens (primary N) is 1. The molecule has 2 aromatic rings. The van der Waals surface area contributed by atoms with Crippen molar-refractivity contribution < 1.29 is 13.9 Å². The van der Waals surface area contributed by atoms with Crippen molar-refractivity contribution in [1.29, 1.82) is 0 Å². The van der Waals surface area contributed by atoms with Gasteiger partial charge in [0.15, 0.2) is 5.13 Å². The number of hydrogen-bond acceptors (Lipinski definition) is 5. The van der Waals surface area contributed by atoms with Crippen molar-refractivity contribution in [2.45, 2.75) is 19.4 Å². The van der Waals surface area contributed by atoms with Gasteiger partial charge in [-0.25, -0.2) is 0 Å². The number of thiophene rings is 1. The SMILES string of the molecule is Cc1nn(C)c(N)c1C(=O)NCC1OCCc2sc(F)cc21. The van der Waals surface area contributed by atoms with Crippen LogP contribution >= 0.6 is 11.3 Å². The summed E-state index contributed by atoms with van der Waals surface area (Å²) in [7, 11) is 1.68. The number of amides is 1. The number of nitrogens with zero attached hydrogens (tertiary/aromatic N) is 2. The molecule has 3 heterocycles. The molecule has 3 N–H and O–H groups in total. The first-order valence-electron chi connectivity index (χ1n) is 6.94. The number of aryl methyl sites for hydroxylation is 2. The van der Waals surface area contributed by atoms with Crippen molar-refractivity contribution in [2.75, 3.05) is 18.9 Å². The van der Waals surface area contributed by atoms with Gasteiger partial charge >= 0.3 is 0 Å². The third kappa shape index (κ3) is 2.59. The second-order valence-corrected chi connectivity index (χ2v) is 6.30. The van der Waals surface area contributed by atoms with Crippen LogP contribution in [-0.4, -0.2) is 28.8 Å². The molecule has 8 heteroatoms. The van der Waals surface area contributed by atoms with Crippen LogP contribution in [0.1, 0.15) is 32.6 Å². The number of aromatic nitrogens is 2. The number of hydrogen-bond donors (Lipinski definition) is 2. The number of ether oxygens (including phenoxy) is 1. The first kappa shape index (κ1) is 15.0. The number of halogens is 1. The van der Waals surface area contributed by atoms with Gasteiger partial charge in [0.2, 0.25) is 0 Å². The molecule has 0 radical (unpaired) electrons. The first-order valence-corrected chi connectivity index (χ1v) is 7.76. The largest absolute Gasteiger partial charge is 0.383 e. The van der Waals surface area contributed by atoms with Crippen molar-refractivity contribution in [3.05, 3.63) is 32.9 Å². The second kappa shape index (κ2) is 5.69. The Morgan fingerprint density at radius 1 is 1.68 bits per heavy atom. The van der Waals surface area contributed by atoms with Crippen molar-refractivity contribution in [3.63, 3.8) is 0 Å². The van der Waals surface area contributed by atoms with E-state index >= 15 is 0 Å². The number of nitrogen functional groups attached to an aromatic ring is 1. The Balaban J connectivity index is 1.72. The predicted octanol–water partition coefficient (Wildman–Crippen LogP) is 1.56. The van der Waals surface area contributed by atoms with Crippen LogP contribution in [0, 0.1) is 12.1 Å². The van der Waals surface area contributed by atoms with E-state index in [0.29, 0.717) is 30.1 Å². The summed E-state index contributed by atoms with van der Waals surface area (Å²) in [6.45, 7) is 2.53. The summed E-state index contributed by atoms with van der Waals surface area (Å²) >= 11 is 1.14. The summed E-state index contributed by atoms with van der Waals surface area (Å²) in [5.74, 6) is 0.0244. The first-order chi connectivity index (χ1) is 10.5. The Kier molecular flexibility index (Phi) is 3.88. The Hall–Kier alpha value is -1.93. The fraction of sp³-hybridized carbons (Fsp3) is 0.429. The minimum absolute atomic E-state index is 0.223. The van der Waals surface area contributed by atoms with E-state index in [1.165, 1.54) is 10.7 Å². The normalized spacial score (nSPS) is 17.3. The van der Waals surface area contributed by atoms with E-state index in [1.54, 1.807) is 14.0 Å². The highest BCUT2D eigenvalue weighted by atomic mass is 32.1. The average molecular weight is 324 g/mol. The van der Waals surface area contributed by atoms with Gasteiger partial charge in [-0.15, -0.1) is 11.3 Å². The topological polar surface area (TPSA) is 82.2 Å². The van der Waals surface area contributed by atoms with Crippen LogP contribution in [0.15, 0.2) is 6.07 Å². The van der Waals surface area contributed by atoms with E-state index in [-0.39, 0.29) is 23.7 Å². The van der Waals surface area contributed by atoms with Gasteiger partial charge < -0.3 is 15.8 Å². The molecular weight excluding hydrogens is 307 g/mol. The monoisotopic (exact) mass is 324 g/mol. The van der Waals surface area contributed by atoms with Crippen molar-refractivity contribution >= 4 is 23.1 Å². The molecule has 0 aromatic carbocycles. The summed E-state index contributed by atoms with van der Waals surface area (Å²) in [5.41, 5.74) is 7.62. The van der Waals surface area contributed by atoms with Gasteiger partial charge in [-0.1, -0.05) is 0 Å². The van der Waals surface area contributed by atoms with E-state index < -0.39 is 0 Å². The van der Waals surface area contributed by atoms with Gasteiger partial charge in [0, 0.05) is 24.9 Å². The fourth-order valence-corrected chi connectivity index (χ4v) is 3.57. The third-order valence-electron chi connectivity index (χ3n) is 3.75. The molecule has 1 atom stereocenters. The lowest BCUT2D eigenvalue weighted by atomic mass is 10.1. The molecule has 1 aliphatic heterocycles. The van der Waals surface area contributed by atoms with Crippen LogP contribution < -0.4 is 11.1 Å². The number of nitrogens with one attached hydrogen (secondary N) is 1. The molecule has 2 aromatic heterocycles. The Morgan fingerprint density at radius 3 is 3.14 bits per heavy atom. The molecule has 0 bridgehead atoms. The molecule has 22 heavy (non-hydrogen) atoms. The second-order valence-electron chi connectivity index (χ2n) is 5.22. The summed E-state index contributed by atoms with van der Waals surface area (Å²) in [5, 5.41) is 6.69. The summed E-state index contributed by atoms with van der Waals surface area (Å²) in [6.07, 6.45) is 0.384. The molecule has 3 rings (SSSR count). The lowest BCUT2D eigenvalue weighted by Crippen LogP contribution is -2.32. The van der Waals surface area contributed by atoms with Crippen LogP contribution in [0.4, 0.5) is 10.2 Å². The van der Waals surface area contributed by atoms with Gasteiger partial charge in [0.1, 0.15) is 17.5 Å². The van der Waals surface area contributed by atoms with Crippen LogP contribution in [0.25, 0.3) is 0 Å². The third-order valence-corrected chi connectivity index (χ3v) is 4.75. The van der Waals surface area contributed by atoms with Crippen LogP contribution in [0.3, 0.4) is 0 Å². The lowest BCUT2D eigenvalue weighted by molar-refractivity contribution is 0.0422. The zero-order chi connectivity index (χ0) is 15.9. The maximum atomic E-state index is 13.4. The molecule has 0 saturated heterocycles. The quantitative estimate of drug-likeness (QED) is 0.897. The zero-order valence-corrected chi connectivity index (χ0v) is 13.2. The molecule has 6 nitrogen and oxygen atoms in total. The molecule has 0 saturated carbocycles. The average Bonchev–Trinajstić information content (AvgIpc) is 2.96.